The Bertz CT molecular complexity index is 382. The molecule has 2 aromatic rings. The first-order valence-corrected chi connectivity index (χ1v) is 6.44. The number of hydrogen-bond donors (Lipinski definition) is 2. The molecule has 0 amide bonds. The van der Waals surface area contributed by atoms with Gasteiger partial charge >= 0.3 is 0 Å². The first kappa shape index (κ1) is 12.8. The quantitative estimate of drug-likeness (QED) is 0.574. The molecule has 2 aromatic carbocycles. The highest BCUT2D eigenvalue weighted by atomic mass is 15.0. The molecule has 2 nitrogen and oxygen atoms in total. The summed E-state index contributed by atoms with van der Waals surface area (Å²) in [6.07, 6.45) is 1.08. The zero-order chi connectivity index (χ0) is 12.5. The molecule has 0 aliphatic heterocycles. The van der Waals surface area contributed by atoms with E-state index in [9.17, 15) is 0 Å². The van der Waals surface area contributed by atoms with Gasteiger partial charge in [-0.1, -0.05) is 60.7 Å². The van der Waals surface area contributed by atoms with Gasteiger partial charge in [0.1, 0.15) is 0 Å². The van der Waals surface area contributed by atoms with Crippen molar-refractivity contribution < 1.29 is 0 Å². The van der Waals surface area contributed by atoms with Gasteiger partial charge in [0.15, 0.2) is 0 Å². The summed E-state index contributed by atoms with van der Waals surface area (Å²) in [4.78, 5) is 0. The molecule has 18 heavy (non-hydrogen) atoms. The molecule has 0 aliphatic rings. The van der Waals surface area contributed by atoms with Crippen LogP contribution in [-0.4, -0.2) is 13.2 Å². The SMILES string of the molecule is c1ccc(CCNCNCc2ccccc2)cc1. The minimum atomic E-state index is 0.849. The number of nitrogens with one attached hydrogen (secondary N) is 2. The zero-order valence-corrected chi connectivity index (χ0v) is 10.6. The molecule has 94 valence electrons. The summed E-state index contributed by atoms with van der Waals surface area (Å²) in [7, 11) is 0. The first-order chi connectivity index (χ1) is 8.95. The van der Waals surface area contributed by atoms with E-state index in [4.69, 9.17) is 0 Å². The summed E-state index contributed by atoms with van der Waals surface area (Å²) in [5, 5.41) is 6.77. The average Bonchev–Trinajstić information content (AvgIpc) is 2.45. The molecule has 0 aromatic heterocycles. The Kier molecular flexibility index (Phi) is 5.44. The molecule has 0 unspecified atom stereocenters. The second-order valence-electron chi connectivity index (χ2n) is 4.32. The molecule has 2 N–H and O–H groups in total. The minimum absolute atomic E-state index is 0.849. The van der Waals surface area contributed by atoms with Crippen LogP contribution in [0.5, 0.6) is 0 Å². The third kappa shape index (κ3) is 4.70. The second kappa shape index (κ2) is 7.64. The highest BCUT2D eigenvalue weighted by Gasteiger charge is 1.92. The molecule has 0 saturated carbocycles. The Morgan fingerprint density at radius 2 is 1.28 bits per heavy atom. The van der Waals surface area contributed by atoms with Crippen molar-refractivity contribution in [2.45, 2.75) is 13.0 Å². The van der Waals surface area contributed by atoms with Gasteiger partial charge in [-0.25, -0.2) is 0 Å². The standard InChI is InChI=1S/C16H20N2/c1-3-7-15(8-4-1)11-12-17-14-18-13-16-9-5-2-6-10-16/h1-10,17-18H,11-14H2. The third-order valence-electron chi connectivity index (χ3n) is 2.86. The van der Waals surface area contributed by atoms with Crippen LogP contribution in [0, 0.1) is 0 Å². The molecule has 0 fully saturated rings. The normalized spacial score (nSPS) is 10.4. The topological polar surface area (TPSA) is 24.1 Å². The number of hydrogen-bond acceptors (Lipinski definition) is 2. The van der Waals surface area contributed by atoms with Crippen molar-refractivity contribution in [1.29, 1.82) is 0 Å². The summed E-state index contributed by atoms with van der Waals surface area (Å²) in [5.74, 6) is 0. The maximum Gasteiger partial charge on any atom is 0.0456 e. The Balaban J connectivity index is 1.54. The average molecular weight is 240 g/mol. The molecular formula is C16H20N2. The van der Waals surface area contributed by atoms with E-state index in [1.165, 1.54) is 11.1 Å². The molecule has 2 heteroatoms. The fourth-order valence-corrected chi connectivity index (χ4v) is 1.86. The van der Waals surface area contributed by atoms with Crippen molar-refractivity contribution in [2.24, 2.45) is 0 Å². The minimum Gasteiger partial charge on any atom is -0.304 e. The van der Waals surface area contributed by atoms with Gasteiger partial charge in [0.05, 0.1) is 0 Å². The van der Waals surface area contributed by atoms with Crippen LogP contribution in [0.15, 0.2) is 60.7 Å². The fraction of sp³-hybridized carbons (Fsp3) is 0.250. The molecular weight excluding hydrogens is 220 g/mol. The van der Waals surface area contributed by atoms with Gasteiger partial charge in [-0.3, -0.25) is 0 Å². The van der Waals surface area contributed by atoms with Crippen LogP contribution in [-0.2, 0) is 13.0 Å². The monoisotopic (exact) mass is 240 g/mol. The smallest absolute Gasteiger partial charge is 0.0456 e. The summed E-state index contributed by atoms with van der Waals surface area (Å²) in [5.41, 5.74) is 2.70. The lowest BCUT2D eigenvalue weighted by Gasteiger charge is -2.07. The van der Waals surface area contributed by atoms with Gasteiger partial charge in [-0.2, -0.15) is 0 Å². The van der Waals surface area contributed by atoms with Crippen molar-refractivity contribution in [3.63, 3.8) is 0 Å². The van der Waals surface area contributed by atoms with Gasteiger partial charge in [-0.15, -0.1) is 0 Å². The van der Waals surface area contributed by atoms with E-state index in [2.05, 4.69) is 65.2 Å². The highest BCUT2D eigenvalue weighted by molar-refractivity contribution is 5.15. The van der Waals surface area contributed by atoms with Crippen LogP contribution in [0.2, 0.25) is 0 Å². The van der Waals surface area contributed by atoms with Gasteiger partial charge < -0.3 is 10.6 Å². The predicted octanol–water partition coefficient (Wildman–Crippen LogP) is 2.57. The Labute approximate surface area is 109 Å². The molecule has 0 spiro atoms. The van der Waals surface area contributed by atoms with Crippen molar-refractivity contribution >= 4 is 0 Å². The Hall–Kier alpha value is -1.64. The summed E-state index contributed by atoms with van der Waals surface area (Å²) < 4.78 is 0. The maximum absolute atomic E-state index is 3.39. The number of benzene rings is 2. The summed E-state index contributed by atoms with van der Waals surface area (Å²) >= 11 is 0. The van der Waals surface area contributed by atoms with Crippen LogP contribution in [0.3, 0.4) is 0 Å². The Morgan fingerprint density at radius 3 is 1.94 bits per heavy atom. The number of rotatable bonds is 7. The molecule has 0 bridgehead atoms. The zero-order valence-electron chi connectivity index (χ0n) is 10.6. The lowest BCUT2D eigenvalue weighted by molar-refractivity contribution is 0.583. The van der Waals surface area contributed by atoms with E-state index in [1.807, 2.05) is 6.07 Å². The van der Waals surface area contributed by atoms with Crippen molar-refractivity contribution in [1.82, 2.24) is 10.6 Å². The van der Waals surface area contributed by atoms with Gasteiger partial charge in [0.2, 0.25) is 0 Å². The highest BCUT2D eigenvalue weighted by Crippen LogP contribution is 1.98. The molecule has 2 rings (SSSR count). The molecule has 0 radical (unpaired) electrons. The van der Waals surface area contributed by atoms with Crippen molar-refractivity contribution in [3.8, 4) is 0 Å². The van der Waals surface area contributed by atoms with Crippen LogP contribution in [0.1, 0.15) is 11.1 Å². The van der Waals surface area contributed by atoms with E-state index in [0.29, 0.717) is 0 Å². The van der Waals surface area contributed by atoms with Crippen LogP contribution in [0.25, 0.3) is 0 Å². The predicted molar refractivity (Wildman–Crippen MR) is 76.3 cm³/mol. The van der Waals surface area contributed by atoms with Crippen LogP contribution >= 0.6 is 0 Å². The summed E-state index contributed by atoms with van der Waals surface area (Å²) in [6, 6.07) is 21.0. The largest absolute Gasteiger partial charge is 0.304 e. The molecule has 0 aliphatic carbocycles. The van der Waals surface area contributed by atoms with Gasteiger partial charge in [0.25, 0.3) is 0 Å². The van der Waals surface area contributed by atoms with Gasteiger partial charge in [-0.05, 0) is 17.5 Å². The molecule has 0 saturated heterocycles. The fourth-order valence-electron chi connectivity index (χ4n) is 1.86. The van der Waals surface area contributed by atoms with Crippen molar-refractivity contribution in [3.05, 3.63) is 71.8 Å². The van der Waals surface area contributed by atoms with E-state index in [1.54, 1.807) is 0 Å². The maximum atomic E-state index is 3.39. The van der Waals surface area contributed by atoms with Crippen molar-refractivity contribution in [2.75, 3.05) is 13.2 Å². The van der Waals surface area contributed by atoms with Crippen LogP contribution in [0.4, 0.5) is 0 Å². The second-order valence-corrected chi connectivity index (χ2v) is 4.32. The van der Waals surface area contributed by atoms with E-state index in [0.717, 1.165) is 26.2 Å². The Morgan fingerprint density at radius 1 is 0.667 bits per heavy atom. The lowest BCUT2D eigenvalue weighted by Crippen LogP contribution is -2.30. The van der Waals surface area contributed by atoms with Crippen LogP contribution < -0.4 is 10.6 Å². The third-order valence-corrected chi connectivity index (χ3v) is 2.86. The van der Waals surface area contributed by atoms with Gasteiger partial charge in [0, 0.05) is 19.8 Å². The van der Waals surface area contributed by atoms with E-state index < -0.39 is 0 Å². The lowest BCUT2D eigenvalue weighted by atomic mass is 10.1. The summed E-state index contributed by atoms with van der Waals surface area (Å²) in [6.45, 7) is 2.77. The first-order valence-electron chi connectivity index (χ1n) is 6.44. The van der Waals surface area contributed by atoms with E-state index >= 15 is 0 Å². The molecule has 0 heterocycles. The van der Waals surface area contributed by atoms with E-state index in [-0.39, 0.29) is 0 Å². The molecule has 0 atom stereocenters.